The maximum Gasteiger partial charge on any atom is 0.339 e. The lowest BCUT2D eigenvalue weighted by molar-refractivity contribution is 0.0525. The number of nitrogens with one attached hydrogen (secondary N) is 2. The molecule has 0 amide bonds. The number of rotatable bonds is 7. The Hall–Kier alpha value is -3.30. The van der Waals surface area contributed by atoms with Gasteiger partial charge in [0.05, 0.1) is 30.0 Å². The largest absolute Gasteiger partial charge is 0.462 e. The second-order valence-corrected chi connectivity index (χ2v) is 8.56. The average Bonchev–Trinajstić information content (AvgIpc) is 3.45. The van der Waals surface area contributed by atoms with E-state index in [1.807, 2.05) is 29.0 Å². The van der Waals surface area contributed by atoms with Crippen LogP contribution in [-0.2, 0) is 11.3 Å². The molecule has 0 aromatic carbocycles. The van der Waals surface area contributed by atoms with Crippen molar-refractivity contribution >= 4 is 34.5 Å². The van der Waals surface area contributed by atoms with Gasteiger partial charge in [-0.05, 0) is 43.5 Å². The van der Waals surface area contributed by atoms with E-state index in [4.69, 9.17) is 4.74 Å². The normalized spacial score (nSPS) is 10.8. The maximum atomic E-state index is 12.5. The number of pyridine rings is 2. The van der Waals surface area contributed by atoms with Gasteiger partial charge in [0.15, 0.2) is 0 Å². The van der Waals surface area contributed by atoms with Crippen LogP contribution in [0.2, 0.25) is 0 Å². The summed E-state index contributed by atoms with van der Waals surface area (Å²) in [5.41, 5.74) is 2.25. The number of hydrogen-bond acceptors (Lipinski definition) is 8. The van der Waals surface area contributed by atoms with E-state index in [0.717, 1.165) is 16.4 Å². The van der Waals surface area contributed by atoms with Crippen molar-refractivity contribution in [1.82, 2.24) is 15.0 Å². The van der Waals surface area contributed by atoms with Gasteiger partial charge in [0.1, 0.15) is 10.8 Å². The maximum absolute atomic E-state index is 12.5. The molecule has 4 rings (SSSR count). The number of esters is 1. The quantitative estimate of drug-likeness (QED) is 0.394. The van der Waals surface area contributed by atoms with Gasteiger partial charge in [0.25, 0.3) is 5.56 Å². The summed E-state index contributed by atoms with van der Waals surface area (Å²) in [6, 6.07) is 9.44. The topological polar surface area (TPSA) is 97.0 Å². The van der Waals surface area contributed by atoms with Crippen molar-refractivity contribution in [2.45, 2.75) is 20.4 Å². The molecule has 0 fully saturated rings. The van der Waals surface area contributed by atoms with Crippen LogP contribution in [0.15, 0.2) is 52.1 Å². The van der Waals surface area contributed by atoms with Crippen molar-refractivity contribution in [3.63, 3.8) is 0 Å². The van der Waals surface area contributed by atoms with E-state index in [-0.39, 0.29) is 12.2 Å². The summed E-state index contributed by atoms with van der Waals surface area (Å²) in [5, 5.41) is 7.92. The number of hydrogen-bond donors (Lipinski definition) is 2. The fourth-order valence-corrected chi connectivity index (χ4v) is 4.48. The molecule has 0 spiro atoms. The summed E-state index contributed by atoms with van der Waals surface area (Å²) in [4.78, 5) is 37.6. The monoisotopic (exact) mass is 452 g/mol. The number of H-pyrrole nitrogens is 1. The lowest BCUT2D eigenvalue weighted by Gasteiger charge is -2.07. The lowest BCUT2D eigenvalue weighted by atomic mass is 10.1. The second kappa shape index (κ2) is 9.23. The molecule has 0 saturated heterocycles. The van der Waals surface area contributed by atoms with Gasteiger partial charge in [-0.15, -0.1) is 22.7 Å². The first-order valence-electron chi connectivity index (χ1n) is 9.64. The molecule has 0 aliphatic carbocycles. The Morgan fingerprint density at radius 2 is 2.13 bits per heavy atom. The molecule has 0 bridgehead atoms. The van der Waals surface area contributed by atoms with Crippen molar-refractivity contribution in [2.24, 2.45) is 0 Å². The molecule has 4 aromatic rings. The van der Waals surface area contributed by atoms with Crippen molar-refractivity contribution < 1.29 is 9.53 Å². The predicted octanol–water partition coefficient (Wildman–Crippen LogP) is 4.72. The number of carbonyl (C=O) groups is 1. The van der Waals surface area contributed by atoms with Crippen molar-refractivity contribution in [3.05, 3.63) is 73.8 Å². The highest BCUT2D eigenvalue weighted by Gasteiger charge is 2.17. The third-order valence-electron chi connectivity index (χ3n) is 4.54. The average molecular weight is 453 g/mol. The number of aromatic nitrogens is 3. The molecule has 7 nitrogen and oxygen atoms in total. The Balaban J connectivity index is 1.60. The zero-order valence-corrected chi connectivity index (χ0v) is 18.6. The van der Waals surface area contributed by atoms with Gasteiger partial charge in [-0.1, -0.05) is 6.07 Å². The first kappa shape index (κ1) is 21.0. The summed E-state index contributed by atoms with van der Waals surface area (Å²) in [7, 11) is 0. The molecule has 2 N–H and O–H groups in total. The summed E-state index contributed by atoms with van der Waals surface area (Å²) in [6.07, 6.45) is 1.73. The van der Waals surface area contributed by atoms with Gasteiger partial charge >= 0.3 is 5.97 Å². The summed E-state index contributed by atoms with van der Waals surface area (Å²) >= 11 is 3.11. The van der Waals surface area contributed by atoms with Gasteiger partial charge in [0.2, 0.25) is 0 Å². The molecule has 0 unspecified atom stereocenters. The zero-order valence-electron chi connectivity index (χ0n) is 17.0. The zero-order chi connectivity index (χ0) is 21.8. The predicted molar refractivity (Wildman–Crippen MR) is 124 cm³/mol. The Kier molecular flexibility index (Phi) is 6.24. The smallest absolute Gasteiger partial charge is 0.339 e. The first-order chi connectivity index (χ1) is 15.0. The van der Waals surface area contributed by atoms with Crippen molar-refractivity contribution in [3.8, 4) is 21.8 Å². The lowest BCUT2D eigenvalue weighted by Crippen LogP contribution is -2.16. The minimum absolute atomic E-state index is 0.262. The standard InChI is InChI=1S/C22H20N4O3S2/c1-3-29-22(28)16-10-17(20(27)25-13(16)2)18-12-31-21(26-18)14-6-7-23-19(9-14)24-11-15-5-4-8-30-15/h4-10,12H,3,11H2,1-2H3,(H,23,24)(H,25,27). The highest BCUT2D eigenvalue weighted by Crippen LogP contribution is 2.29. The molecule has 31 heavy (non-hydrogen) atoms. The molecule has 4 heterocycles. The Labute approximate surface area is 186 Å². The van der Waals surface area contributed by atoms with E-state index < -0.39 is 5.97 Å². The molecular formula is C22H20N4O3S2. The number of aryl methyl sites for hydroxylation is 1. The minimum atomic E-state index is -0.469. The Morgan fingerprint density at radius 1 is 1.26 bits per heavy atom. The van der Waals surface area contributed by atoms with Gasteiger partial charge in [-0.2, -0.15) is 0 Å². The molecule has 0 aliphatic rings. The van der Waals surface area contributed by atoms with Crippen LogP contribution < -0.4 is 10.9 Å². The Bertz CT molecular complexity index is 1260. The van der Waals surface area contributed by atoms with Gasteiger partial charge in [-0.25, -0.2) is 14.8 Å². The van der Waals surface area contributed by atoms with E-state index in [1.165, 1.54) is 16.2 Å². The van der Waals surface area contributed by atoms with E-state index in [2.05, 4.69) is 26.3 Å². The molecule has 0 aliphatic heterocycles. The molecular weight excluding hydrogens is 432 g/mol. The van der Waals surface area contributed by atoms with Crippen molar-refractivity contribution in [1.29, 1.82) is 0 Å². The number of nitrogens with zero attached hydrogens (tertiary/aromatic N) is 2. The molecule has 0 atom stereocenters. The number of aromatic amines is 1. The SMILES string of the molecule is CCOC(=O)c1cc(-c2csc(-c3ccnc(NCc4cccs4)c3)n2)c(=O)[nH]c1C. The second-order valence-electron chi connectivity index (χ2n) is 6.67. The minimum Gasteiger partial charge on any atom is -0.462 e. The van der Waals surface area contributed by atoms with Crippen LogP contribution >= 0.6 is 22.7 Å². The number of thiazole rings is 1. The summed E-state index contributed by atoms with van der Waals surface area (Å²) < 4.78 is 5.08. The summed E-state index contributed by atoms with van der Waals surface area (Å²) in [6.45, 7) is 4.38. The van der Waals surface area contributed by atoms with Gasteiger partial charge < -0.3 is 15.0 Å². The first-order valence-corrected chi connectivity index (χ1v) is 11.4. The van der Waals surface area contributed by atoms with Gasteiger partial charge in [0, 0.05) is 27.7 Å². The van der Waals surface area contributed by atoms with Crippen molar-refractivity contribution in [2.75, 3.05) is 11.9 Å². The van der Waals surface area contributed by atoms with E-state index in [9.17, 15) is 9.59 Å². The number of anilines is 1. The summed E-state index contributed by atoms with van der Waals surface area (Å²) in [5.74, 6) is 0.281. The molecule has 9 heteroatoms. The van der Waals surface area contributed by atoms with E-state index >= 15 is 0 Å². The molecule has 4 aromatic heterocycles. The number of ether oxygens (including phenoxy) is 1. The van der Waals surface area contributed by atoms with Crippen LogP contribution in [0.25, 0.3) is 21.8 Å². The Morgan fingerprint density at radius 3 is 2.90 bits per heavy atom. The van der Waals surface area contributed by atoms with Crippen LogP contribution in [0, 0.1) is 6.92 Å². The van der Waals surface area contributed by atoms with Crippen LogP contribution in [0.4, 0.5) is 5.82 Å². The fraction of sp³-hybridized carbons (Fsp3) is 0.182. The van der Waals surface area contributed by atoms with E-state index in [1.54, 1.807) is 37.4 Å². The third-order valence-corrected chi connectivity index (χ3v) is 6.31. The molecule has 0 radical (unpaired) electrons. The number of thiophene rings is 1. The molecule has 0 saturated carbocycles. The van der Waals surface area contributed by atoms with E-state index in [0.29, 0.717) is 29.1 Å². The molecule has 158 valence electrons. The highest BCUT2D eigenvalue weighted by atomic mass is 32.1. The van der Waals surface area contributed by atoms with Crippen LogP contribution in [0.1, 0.15) is 27.9 Å². The van der Waals surface area contributed by atoms with Crippen LogP contribution in [0.3, 0.4) is 0 Å². The number of carbonyl (C=O) groups excluding carboxylic acids is 1. The van der Waals surface area contributed by atoms with Crippen LogP contribution in [0.5, 0.6) is 0 Å². The highest BCUT2D eigenvalue weighted by molar-refractivity contribution is 7.13. The third kappa shape index (κ3) is 4.73. The fourth-order valence-electron chi connectivity index (χ4n) is 3.02. The van der Waals surface area contributed by atoms with Gasteiger partial charge in [-0.3, -0.25) is 4.79 Å². The van der Waals surface area contributed by atoms with Crippen LogP contribution in [-0.4, -0.2) is 27.5 Å².